The van der Waals surface area contributed by atoms with Gasteiger partial charge in [-0.05, 0) is 63.8 Å². The van der Waals surface area contributed by atoms with Gasteiger partial charge in [0.25, 0.3) is 10.1 Å². The van der Waals surface area contributed by atoms with Gasteiger partial charge in [0, 0.05) is 5.02 Å². The van der Waals surface area contributed by atoms with Crippen molar-refractivity contribution in [2.75, 3.05) is 0 Å². The van der Waals surface area contributed by atoms with E-state index in [2.05, 4.69) is 0 Å². The molecule has 0 N–H and O–H groups in total. The molecule has 2 aromatic carbocycles. The van der Waals surface area contributed by atoms with Gasteiger partial charge in [-0.15, -0.1) is 0 Å². The summed E-state index contributed by atoms with van der Waals surface area (Å²) in [4.78, 5) is 12.4. The standard InChI is InChI=1S/C21H25ClO5S/c1-21(2,3)26-20(23)19(14-7-11-16-9-5-4-6-10-16)27-28(24,25)18-13-8-12-17(22)15-18/h4-6,8-10,12-13,15,19H,7,11,14H2,1-3H3/t19-/m1/s1. The van der Waals surface area contributed by atoms with Crippen molar-refractivity contribution in [2.24, 2.45) is 0 Å². The molecule has 0 radical (unpaired) electrons. The normalized spacial score (nSPS) is 13.1. The molecular formula is C21H25ClO5S. The van der Waals surface area contributed by atoms with Crippen LogP contribution in [-0.2, 0) is 30.3 Å². The molecule has 152 valence electrons. The minimum atomic E-state index is -4.16. The lowest BCUT2D eigenvalue weighted by molar-refractivity contribution is -0.163. The monoisotopic (exact) mass is 424 g/mol. The summed E-state index contributed by atoms with van der Waals surface area (Å²) < 4.78 is 35.8. The topological polar surface area (TPSA) is 69.7 Å². The Kier molecular flexibility index (Phi) is 7.63. The minimum Gasteiger partial charge on any atom is -0.458 e. The summed E-state index contributed by atoms with van der Waals surface area (Å²) in [5, 5.41) is 0.266. The Balaban J connectivity index is 2.13. The quantitative estimate of drug-likeness (QED) is 0.450. The first-order chi connectivity index (χ1) is 13.1. The maximum Gasteiger partial charge on any atom is 0.337 e. The molecule has 0 bridgehead atoms. The lowest BCUT2D eigenvalue weighted by atomic mass is 10.1. The number of hydrogen-bond donors (Lipinski definition) is 0. The second kappa shape index (κ2) is 9.54. The zero-order valence-corrected chi connectivity index (χ0v) is 17.8. The van der Waals surface area contributed by atoms with Gasteiger partial charge in [0.05, 0.1) is 4.90 Å². The van der Waals surface area contributed by atoms with E-state index in [1.54, 1.807) is 26.8 Å². The number of ether oxygens (including phenoxy) is 1. The molecule has 2 rings (SSSR count). The highest BCUT2D eigenvalue weighted by atomic mass is 35.5. The summed E-state index contributed by atoms with van der Waals surface area (Å²) in [5.41, 5.74) is 0.348. The predicted octanol–water partition coefficient (Wildman–Crippen LogP) is 4.78. The van der Waals surface area contributed by atoms with Crippen molar-refractivity contribution in [3.63, 3.8) is 0 Å². The second-order valence-electron chi connectivity index (χ2n) is 7.41. The maximum absolute atomic E-state index is 12.6. The highest BCUT2D eigenvalue weighted by Crippen LogP contribution is 2.22. The molecule has 0 aliphatic rings. The van der Waals surface area contributed by atoms with Gasteiger partial charge in [0.2, 0.25) is 0 Å². The molecule has 2 aromatic rings. The zero-order valence-electron chi connectivity index (χ0n) is 16.2. The molecule has 0 amide bonds. The molecule has 0 fully saturated rings. The van der Waals surface area contributed by atoms with Gasteiger partial charge >= 0.3 is 5.97 Å². The molecule has 0 aromatic heterocycles. The largest absolute Gasteiger partial charge is 0.458 e. The number of hydrogen-bond acceptors (Lipinski definition) is 5. The summed E-state index contributed by atoms with van der Waals surface area (Å²) in [6.07, 6.45) is 0.246. The number of esters is 1. The van der Waals surface area contributed by atoms with E-state index in [9.17, 15) is 13.2 Å². The fourth-order valence-corrected chi connectivity index (χ4v) is 3.90. The Morgan fingerprint density at radius 2 is 1.75 bits per heavy atom. The van der Waals surface area contributed by atoms with Crippen LogP contribution in [0, 0.1) is 0 Å². The third-order valence-electron chi connectivity index (χ3n) is 3.77. The van der Waals surface area contributed by atoms with Gasteiger partial charge in [-0.25, -0.2) is 4.79 Å². The van der Waals surface area contributed by atoms with Crippen LogP contribution in [0.15, 0.2) is 59.5 Å². The number of aryl methyl sites for hydroxylation is 1. The van der Waals surface area contributed by atoms with Gasteiger partial charge < -0.3 is 4.74 Å². The molecule has 1 atom stereocenters. The van der Waals surface area contributed by atoms with E-state index in [4.69, 9.17) is 20.5 Å². The summed E-state index contributed by atoms with van der Waals surface area (Å²) in [7, 11) is -4.16. The van der Waals surface area contributed by atoms with E-state index in [1.165, 1.54) is 18.2 Å². The molecule has 5 nitrogen and oxygen atoms in total. The highest BCUT2D eigenvalue weighted by molar-refractivity contribution is 7.86. The van der Waals surface area contributed by atoms with Crippen LogP contribution in [0.2, 0.25) is 5.02 Å². The van der Waals surface area contributed by atoms with Crippen LogP contribution >= 0.6 is 11.6 Å². The molecule has 0 heterocycles. The van der Waals surface area contributed by atoms with Crippen molar-refractivity contribution in [1.82, 2.24) is 0 Å². The van der Waals surface area contributed by atoms with Crippen LogP contribution in [0.5, 0.6) is 0 Å². The highest BCUT2D eigenvalue weighted by Gasteiger charge is 2.31. The van der Waals surface area contributed by atoms with E-state index in [1.807, 2.05) is 30.3 Å². The summed E-state index contributed by atoms with van der Waals surface area (Å²) in [5.74, 6) is -0.703. The summed E-state index contributed by atoms with van der Waals surface area (Å²) >= 11 is 5.88. The molecule has 0 spiro atoms. The fourth-order valence-electron chi connectivity index (χ4n) is 2.54. The average molecular weight is 425 g/mol. The van der Waals surface area contributed by atoms with E-state index in [-0.39, 0.29) is 16.3 Å². The van der Waals surface area contributed by atoms with Crippen molar-refractivity contribution in [3.8, 4) is 0 Å². The van der Waals surface area contributed by atoms with Crippen molar-refractivity contribution < 1.29 is 22.1 Å². The summed E-state index contributed by atoms with van der Waals surface area (Å²) in [6.45, 7) is 5.16. The van der Waals surface area contributed by atoms with Crippen molar-refractivity contribution in [1.29, 1.82) is 0 Å². The van der Waals surface area contributed by atoms with Gasteiger partial charge in [-0.3, -0.25) is 4.18 Å². The Bertz CT molecular complexity index is 889. The van der Waals surface area contributed by atoms with Crippen LogP contribution in [0.4, 0.5) is 0 Å². The van der Waals surface area contributed by atoms with Crippen LogP contribution in [-0.4, -0.2) is 26.1 Å². The minimum absolute atomic E-state index is 0.100. The fraction of sp³-hybridized carbons (Fsp3) is 0.381. The Hall–Kier alpha value is -1.89. The molecule has 0 unspecified atom stereocenters. The van der Waals surface area contributed by atoms with Crippen molar-refractivity contribution in [3.05, 3.63) is 65.2 Å². The van der Waals surface area contributed by atoms with Crippen molar-refractivity contribution >= 4 is 27.7 Å². The third-order valence-corrected chi connectivity index (χ3v) is 5.32. The van der Waals surface area contributed by atoms with E-state index < -0.39 is 27.8 Å². The predicted molar refractivity (Wildman–Crippen MR) is 109 cm³/mol. The van der Waals surface area contributed by atoms with E-state index in [0.717, 1.165) is 5.56 Å². The second-order valence-corrected chi connectivity index (χ2v) is 9.42. The lowest BCUT2D eigenvalue weighted by Crippen LogP contribution is -2.35. The maximum atomic E-state index is 12.6. The Labute approximate surface area is 171 Å². The van der Waals surface area contributed by atoms with E-state index >= 15 is 0 Å². The first kappa shape index (κ1) is 22.4. The Morgan fingerprint density at radius 1 is 1.07 bits per heavy atom. The molecule has 28 heavy (non-hydrogen) atoms. The number of halogens is 1. The smallest absolute Gasteiger partial charge is 0.337 e. The summed E-state index contributed by atoms with van der Waals surface area (Å²) in [6, 6.07) is 15.5. The average Bonchev–Trinajstić information content (AvgIpc) is 2.60. The zero-order chi connectivity index (χ0) is 20.8. The van der Waals surface area contributed by atoms with Gasteiger partial charge in [-0.2, -0.15) is 8.42 Å². The Morgan fingerprint density at radius 3 is 2.36 bits per heavy atom. The lowest BCUT2D eigenvalue weighted by Gasteiger charge is -2.24. The molecule has 7 heteroatoms. The van der Waals surface area contributed by atoms with E-state index in [0.29, 0.717) is 12.8 Å². The first-order valence-corrected chi connectivity index (χ1v) is 10.8. The van der Waals surface area contributed by atoms with Crippen LogP contribution in [0.1, 0.15) is 39.2 Å². The number of carbonyl (C=O) groups excluding carboxylic acids is 1. The van der Waals surface area contributed by atoms with Gasteiger partial charge in [-0.1, -0.05) is 48.0 Å². The molecular weight excluding hydrogens is 400 g/mol. The molecule has 0 aliphatic heterocycles. The van der Waals surface area contributed by atoms with Crippen LogP contribution in [0.25, 0.3) is 0 Å². The third kappa shape index (κ3) is 7.26. The van der Waals surface area contributed by atoms with Crippen molar-refractivity contribution in [2.45, 2.75) is 56.6 Å². The van der Waals surface area contributed by atoms with Gasteiger partial charge in [0.1, 0.15) is 5.60 Å². The number of benzene rings is 2. The number of carbonyl (C=O) groups is 1. The van der Waals surface area contributed by atoms with Gasteiger partial charge in [0.15, 0.2) is 6.10 Å². The number of rotatable bonds is 8. The first-order valence-electron chi connectivity index (χ1n) is 9.02. The van der Waals surface area contributed by atoms with Crippen LogP contribution < -0.4 is 0 Å². The van der Waals surface area contributed by atoms with Crippen LogP contribution in [0.3, 0.4) is 0 Å². The molecule has 0 saturated carbocycles. The molecule has 0 saturated heterocycles. The molecule has 0 aliphatic carbocycles. The SMILES string of the molecule is CC(C)(C)OC(=O)[C@@H](CCCc1ccccc1)OS(=O)(=O)c1cccc(Cl)c1.